The van der Waals surface area contributed by atoms with Crippen molar-refractivity contribution >= 4 is 5.97 Å². The number of hydrogen-bond acceptors (Lipinski definition) is 4. The molecule has 0 saturated heterocycles. The van der Waals surface area contributed by atoms with Gasteiger partial charge in [-0.3, -0.25) is 4.79 Å². The number of aryl methyl sites for hydroxylation is 1. The lowest BCUT2D eigenvalue weighted by Gasteiger charge is -2.57. The van der Waals surface area contributed by atoms with Crippen molar-refractivity contribution in [1.82, 2.24) is 0 Å². The minimum absolute atomic E-state index is 0.190. The quantitative estimate of drug-likeness (QED) is 0.836. The molecule has 4 atom stereocenters. The Balaban J connectivity index is 2.06. The highest BCUT2D eigenvalue weighted by Crippen LogP contribution is 2.61. The maximum atomic E-state index is 12.5. The Morgan fingerprint density at radius 2 is 2.21 bits per heavy atom. The molecule has 0 amide bonds. The van der Waals surface area contributed by atoms with Crippen LogP contribution in [0.15, 0.2) is 10.7 Å². The van der Waals surface area contributed by atoms with Crippen LogP contribution in [0.2, 0.25) is 0 Å². The molecule has 1 heterocycles. The van der Waals surface area contributed by atoms with E-state index in [9.17, 15) is 9.90 Å². The van der Waals surface area contributed by atoms with E-state index in [1.165, 1.54) is 0 Å². The zero-order chi connectivity index (χ0) is 17.7. The number of carbonyl (C=O) groups excluding carboxylic acids is 1. The molecule has 1 aromatic heterocycles. The summed E-state index contributed by atoms with van der Waals surface area (Å²) in [6.07, 6.45) is 4.96. The maximum absolute atomic E-state index is 12.5. The summed E-state index contributed by atoms with van der Waals surface area (Å²) < 4.78 is 11.7. The monoisotopic (exact) mass is 334 g/mol. The van der Waals surface area contributed by atoms with Crippen LogP contribution < -0.4 is 0 Å². The number of ether oxygens (including phenoxy) is 1. The Morgan fingerprint density at radius 1 is 1.50 bits per heavy atom. The third-order valence-corrected chi connectivity index (χ3v) is 6.44. The summed E-state index contributed by atoms with van der Waals surface area (Å²) in [5, 5.41) is 11.5. The van der Waals surface area contributed by atoms with Gasteiger partial charge in [0, 0.05) is 23.8 Å². The highest BCUT2D eigenvalue weighted by molar-refractivity contribution is 5.70. The first-order valence-corrected chi connectivity index (χ1v) is 9.17. The molecule has 1 fully saturated rings. The second-order valence-corrected chi connectivity index (χ2v) is 8.51. The zero-order valence-corrected chi connectivity index (χ0v) is 15.5. The van der Waals surface area contributed by atoms with E-state index in [1.54, 1.807) is 6.26 Å². The van der Waals surface area contributed by atoms with Crippen molar-refractivity contribution in [1.29, 1.82) is 0 Å². The van der Waals surface area contributed by atoms with E-state index in [0.717, 1.165) is 36.1 Å². The molecule has 24 heavy (non-hydrogen) atoms. The largest absolute Gasteiger partial charge is 0.469 e. The summed E-state index contributed by atoms with van der Waals surface area (Å²) in [7, 11) is 0. The van der Waals surface area contributed by atoms with E-state index < -0.39 is 17.1 Å². The van der Waals surface area contributed by atoms with Crippen molar-refractivity contribution in [2.75, 3.05) is 0 Å². The maximum Gasteiger partial charge on any atom is 0.306 e. The summed E-state index contributed by atoms with van der Waals surface area (Å²) >= 11 is 0. The molecule has 2 aliphatic carbocycles. The van der Waals surface area contributed by atoms with Gasteiger partial charge in [-0.1, -0.05) is 34.1 Å². The van der Waals surface area contributed by atoms with Crippen molar-refractivity contribution in [2.45, 2.75) is 78.4 Å². The summed E-state index contributed by atoms with van der Waals surface area (Å²) in [5.41, 5.74) is 0.617. The third kappa shape index (κ3) is 2.50. The van der Waals surface area contributed by atoms with Gasteiger partial charge in [0.25, 0.3) is 0 Å². The van der Waals surface area contributed by atoms with Crippen molar-refractivity contribution in [3.63, 3.8) is 0 Å². The SMILES string of the molecule is Cc1coc2c1[C@@H](OC(=O)CC(C)C)[C@]1(C)[C@@H](C)CCC[C@]1(O)C2. The normalized spacial score (nSPS) is 35.5. The molecule has 0 aromatic carbocycles. The Kier molecular flexibility index (Phi) is 4.31. The molecule has 3 rings (SSSR count). The predicted molar refractivity (Wildman–Crippen MR) is 91.5 cm³/mol. The molecule has 1 N–H and O–H groups in total. The van der Waals surface area contributed by atoms with E-state index in [0.29, 0.717) is 12.8 Å². The van der Waals surface area contributed by atoms with Gasteiger partial charge in [0.15, 0.2) is 0 Å². The van der Waals surface area contributed by atoms with Gasteiger partial charge in [0.2, 0.25) is 0 Å². The Labute approximate surface area is 144 Å². The van der Waals surface area contributed by atoms with Crippen molar-refractivity contribution in [3.8, 4) is 0 Å². The lowest BCUT2D eigenvalue weighted by Crippen LogP contribution is -2.60. The van der Waals surface area contributed by atoms with Crippen molar-refractivity contribution < 1.29 is 19.1 Å². The second kappa shape index (κ2) is 5.91. The standard InChI is InChI=1S/C20H30O4/c1-12(2)9-16(21)24-18-17-13(3)11-23-15(17)10-20(22)8-6-7-14(4)19(18,20)5/h11-12,14,18,22H,6-10H2,1-5H3/t14-,18+,19-,20-/m0/s1. The molecule has 4 nitrogen and oxygen atoms in total. The molecule has 0 aliphatic heterocycles. The van der Waals surface area contributed by atoms with E-state index >= 15 is 0 Å². The highest BCUT2D eigenvalue weighted by Gasteiger charge is 2.62. The number of aliphatic hydroxyl groups is 1. The smallest absolute Gasteiger partial charge is 0.306 e. The molecule has 1 aromatic rings. The van der Waals surface area contributed by atoms with Crippen LogP contribution in [0, 0.1) is 24.2 Å². The topological polar surface area (TPSA) is 59.7 Å². The number of rotatable bonds is 3. The van der Waals surface area contributed by atoms with Gasteiger partial charge in [-0.25, -0.2) is 0 Å². The number of carbonyl (C=O) groups is 1. The van der Waals surface area contributed by atoms with Gasteiger partial charge in [0.1, 0.15) is 11.9 Å². The summed E-state index contributed by atoms with van der Waals surface area (Å²) in [6, 6.07) is 0. The fraction of sp³-hybridized carbons (Fsp3) is 0.750. The van der Waals surface area contributed by atoms with Crippen LogP contribution in [0.1, 0.15) is 76.4 Å². The van der Waals surface area contributed by atoms with E-state index in [2.05, 4.69) is 13.8 Å². The lowest BCUT2D eigenvalue weighted by molar-refractivity contribution is -0.213. The van der Waals surface area contributed by atoms with E-state index in [-0.39, 0.29) is 17.8 Å². The number of fused-ring (bicyclic) bond motifs is 2. The van der Waals surface area contributed by atoms with Crippen LogP contribution in [0.4, 0.5) is 0 Å². The Hall–Kier alpha value is -1.29. The average molecular weight is 334 g/mol. The van der Waals surface area contributed by atoms with Crippen LogP contribution >= 0.6 is 0 Å². The van der Waals surface area contributed by atoms with Crippen LogP contribution in [-0.2, 0) is 16.0 Å². The van der Waals surface area contributed by atoms with Gasteiger partial charge >= 0.3 is 5.97 Å². The van der Waals surface area contributed by atoms with Gasteiger partial charge in [-0.05, 0) is 37.2 Å². The first-order chi connectivity index (χ1) is 11.2. The zero-order valence-electron chi connectivity index (χ0n) is 15.5. The highest BCUT2D eigenvalue weighted by atomic mass is 16.5. The average Bonchev–Trinajstić information content (AvgIpc) is 2.82. The molecule has 0 spiro atoms. The minimum atomic E-state index is -0.884. The van der Waals surface area contributed by atoms with Gasteiger partial charge in [0.05, 0.1) is 11.9 Å². The van der Waals surface area contributed by atoms with Crippen LogP contribution in [-0.4, -0.2) is 16.7 Å². The molecule has 0 radical (unpaired) electrons. The van der Waals surface area contributed by atoms with Crippen LogP contribution in [0.25, 0.3) is 0 Å². The summed E-state index contributed by atoms with van der Waals surface area (Å²) in [4.78, 5) is 12.5. The second-order valence-electron chi connectivity index (χ2n) is 8.51. The Bertz CT molecular complexity index is 632. The van der Waals surface area contributed by atoms with E-state index in [1.807, 2.05) is 20.8 Å². The first kappa shape index (κ1) is 17.5. The summed E-state index contributed by atoms with van der Waals surface area (Å²) in [5.74, 6) is 1.12. The molecule has 4 heteroatoms. The lowest BCUT2D eigenvalue weighted by atomic mass is 9.51. The molecular weight excluding hydrogens is 304 g/mol. The van der Waals surface area contributed by atoms with Gasteiger partial charge < -0.3 is 14.3 Å². The van der Waals surface area contributed by atoms with Crippen molar-refractivity contribution in [3.05, 3.63) is 23.2 Å². The molecule has 134 valence electrons. The van der Waals surface area contributed by atoms with E-state index in [4.69, 9.17) is 9.15 Å². The Morgan fingerprint density at radius 3 is 2.88 bits per heavy atom. The third-order valence-electron chi connectivity index (χ3n) is 6.44. The minimum Gasteiger partial charge on any atom is -0.469 e. The first-order valence-electron chi connectivity index (χ1n) is 9.17. The molecular formula is C20H30O4. The van der Waals surface area contributed by atoms with Crippen LogP contribution in [0.3, 0.4) is 0 Å². The summed E-state index contributed by atoms with van der Waals surface area (Å²) in [6.45, 7) is 10.3. The number of esters is 1. The fourth-order valence-corrected chi connectivity index (χ4v) is 4.77. The number of furan rings is 1. The van der Waals surface area contributed by atoms with Gasteiger partial charge in [-0.15, -0.1) is 0 Å². The molecule has 1 saturated carbocycles. The molecule has 0 bridgehead atoms. The number of hydrogen-bond donors (Lipinski definition) is 1. The van der Waals surface area contributed by atoms with Crippen LogP contribution in [0.5, 0.6) is 0 Å². The molecule has 0 unspecified atom stereocenters. The van der Waals surface area contributed by atoms with Gasteiger partial charge in [-0.2, -0.15) is 0 Å². The fourth-order valence-electron chi connectivity index (χ4n) is 4.77. The molecule has 2 aliphatic rings. The van der Waals surface area contributed by atoms with Crippen molar-refractivity contribution in [2.24, 2.45) is 17.3 Å². The predicted octanol–water partition coefficient (Wildman–Crippen LogP) is 4.33.